The zero-order valence-electron chi connectivity index (χ0n) is 12.4. The maximum Gasteiger partial charge on any atom is 0.416 e. The minimum absolute atomic E-state index is 0.0468. The van der Waals surface area contributed by atoms with Gasteiger partial charge in [-0.1, -0.05) is 23.7 Å². The van der Waals surface area contributed by atoms with Crippen LogP contribution in [0.15, 0.2) is 36.4 Å². The van der Waals surface area contributed by atoms with Crippen molar-refractivity contribution >= 4 is 23.3 Å². The lowest BCUT2D eigenvalue weighted by atomic mass is 10.1. The highest BCUT2D eigenvalue weighted by atomic mass is 35.5. The molecule has 0 radical (unpaired) electrons. The second-order valence-electron chi connectivity index (χ2n) is 4.85. The molecule has 0 aliphatic carbocycles. The fourth-order valence-electron chi connectivity index (χ4n) is 2.07. The minimum atomic E-state index is -4.59. The molecule has 0 aliphatic heterocycles. The molecule has 24 heavy (non-hydrogen) atoms. The third-order valence-corrected chi connectivity index (χ3v) is 3.56. The molecule has 0 saturated carbocycles. The van der Waals surface area contributed by atoms with Gasteiger partial charge in [-0.25, -0.2) is 4.79 Å². The third-order valence-electron chi connectivity index (χ3n) is 3.27. The van der Waals surface area contributed by atoms with Gasteiger partial charge in [0.25, 0.3) is 0 Å². The van der Waals surface area contributed by atoms with E-state index in [0.29, 0.717) is 11.8 Å². The first-order valence-electron chi connectivity index (χ1n) is 6.74. The Bertz CT molecular complexity index is 763. The second kappa shape index (κ2) is 7.00. The number of methoxy groups -OCH3 is 1. The molecule has 0 atom stereocenters. The highest BCUT2D eigenvalue weighted by molar-refractivity contribution is 6.32. The van der Waals surface area contributed by atoms with E-state index in [2.05, 4.69) is 10.1 Å². The molecular formula is C16H13ClF3NO3. The van der Waals surface area contributed by atoms with Crippen molar-refractivity contribution in [3.8, 4) is 5.75 Å². The largest absolute Gasteiger partial charge is 0.506 e. The number of carbonyl (C=O) groups excluding carboxylic acids is 1. The van der Waals surface area contributed by atoms with Gasteiger partial charge in [-0.05, 0) is 24.3 Å². The predicted octanol–water partition coefficient (Wildman–Crippen LogP) is 4.46. The van der Waals surface area contributed by atoms with Gasteiger partial charge in [0.05, 0.1) is 23.3 Å². The first-order chi connectivity index (χ1) is 11.2. The number of ether oxygens (including phenoxy) is 1. The third kappa shape index (κ3) is 3.91. The summed E-state index contributed by atoms with van der Waals surface area (Å²) in [6.45, 7) is -0.163. The number of rotatable bonds is 4. The van der Waals surface area contributed by atoms with E-state index in [1.807, 2.05) is 0 Å². The van der Waals surface area contributed by atoms with Crippen molar-refractivity contribution in [3.05, 3.63) is 58.1 Å². The maximum atomic E-state index is 12.8. The van der Waals surface area contributed by atoms with Crippen molar-refractivity contribution in [1.82, 2.24) is 0 Å². The quantitative estimate of drug-likeness (QED) is 0.791. The molecule has 0 bridgehead atoms. The summed E-state index contributed by atoms with van der Waals surface area (Å²) >= 11 is 5.66. The number of hydrogen-bond donors (Lipinski definition) is 2. The molecule has 0 amide bonds. The van der Waals surface area contributed by atoms with Crippen LogP contribution in [0.5, 0.6) is 5.75 Å². The number of phenolic OH excluding ortho intramolecular Hbond substituents is 1. The Labute approximate surface area is 140 Å². The Kier molecular flexibility index (Phi) is 5.23. The molecular weight excluding hydrogens is 347 g/mol. The SMILES string of the molecule is COC(=O)c1ccccc1NCc1cc(C(F)(F)F)cc(Cl)c1O. The van der Waals surface area contributed by atoms with Crippen LogP contribution in [0.4, 0.5) is 18.9 Å². The van der Waals surface area contributed by atoms with E-state index < -0.39 is 28.5 Å². The van der Waals surface area contributed by atoms with Crippen molar-refractivity contribution < 1.29 is 27.8 Å². The molecule has 4 nitrogen and oxygen atoms in total. The molecule has 0 fully saturated rings. The van der Waals surface area contributed by atoms with E-state index in [1.165, 1.54) is 13.2 Å². The number of hydrogen-bond acceptors (Lipinski definition) is 4. The lowest BCUT2D eigenvalue weighted by Crippen LogP contribution is -2.10. The molecule has 0 heterocycles. The van der Waals surface area contributed by atoms with Crippen LogP contribution in [-0.4, -0.2) is 18.2 Å². The molecule has 2 aromatic rings. The van der Waals surface area contributed by atoms with Gasteiger partial charge in [-0.2, -0.15) is 13.2 Å². The molecule has 2 N–H and O–H groups in total. The number of para-hydroxylation sites is 1. The van der Waals surface area contributed by atoms with Gasteiger partial charge in [-0.15, -0.1) is 0 Å². The number of esters is 1. The number of halogens is 4. The van der Waals surface area contributed by atoms with Gasteiger partial charge in [0.1, 0.15) is 5.75 Å². The van der Waals surface area contributed by atoms with Gasteiger partial charge in [0, 0.05) is 17.8 Å². The van der Waals surface area contributed by atoms with Gasteiger partial charge in [0.15, 0.2) is 0 Å². The number of anilines is 1. The van der Waals surface area contributed by atoms with Crippen molar-refractivity contribution in [2.75, 3.05) is 12.4 Å². The topological polar surface area (TPSA) is 58.6 Å². The number of alkyl halides is 3. The first kappa shape index (κ1) is 17.9. The van der Waals surface area contributed by atoms with Gasteiger partial charge >= 0.3 is 12.1 Å². The number of carbonyl (C=O) groups is 1. The van der Waals surface area contributed by atoms with Crippen LogP contribution in [0.25, 0.3) is 0 Å². The lowest BCUT2D eigenvalue weighted by molar-refractivity contribution is -0.137. The number of aromatic hydroxyl groups is 1. The predicted molar refractivity (Wildman–Crippen MR) is 83.2 cm³/mol. The fraction of sp³-hybridized carbons (Fsp3) is 0.188. The number of phenols is 1. The molecule has 0 aromatic heterocycles. The van der Waals surface area contributed by atoms with Crippen LogP contribution in [0.1, 0.15) is 21.5 Å². The van der Waals surface area contributed by atoms with Crippen LogP contribution in [0.3, 0.4) is 0 Å². The Morgan fingerprint density at radius 2 is 1.96 bits per heavy atom. The Morgan fingerprint density at radius 1 is 1.29 bits per heavy atom. The molecule has 0 unspecified atom stereocenters. The van der Waals surface area contributed by atoms with Crippen molar-refractivity contribution in [2.45, 2.75) is 12.7 Å². The molecule has 0 saturated heterocycles. The van der Waals surface area contributed by atoms with Crippen molar-refractivity contribution in [2.24, 2.45) is 0 Å². The van der Waals surface area contributed by atoms with E-state index >= 15 is 0 Å². The van der Waals surface area contributed by atoms with Gasteiger partial charge < -0.3 is 15.2 Å². The number of nitrogens with one attached hydrogen (secondary N) is 1. The van der Waals surface area contributed by atoms with E-state index in [0.717, 1.165) is 6.07 Å². The average Bonchev–Trinajstić information content (AvgIpc) is 2.54. The summed E-state index contributed by atoms with van der Waals surface area (Å²) in [5.74, 6) is -1.04. The lowest BCUT2D eigenvalue weighted by Gasteiger charge is -2.14. The van der Waals surface area contributed by atoms with Crippen molar-refractivity contribution in [3.63, 3.8) is 0 Å². The van der Waals surface area contributed by atoms with Crippen LogP contribution in [0, 0.1) is 0 Å². The van der Waals surface area contributed by atoms with Crippen LogP contribution in [-0.2, 0) is 17.5 Å². The minimum Gasteiger partial charge on any atom is -0.506 e. The van der Waals surface area contributed by atoms with Crippen molar-refractivity contribution in [1.29, 1.82) is 0 Å². The summed E-state index contributed by atoms with van der Waals surface area (Å²) < 4.78 is 43.1. The van der Waals surface area contributed by atoms with Crippen LogP contribution in [0.2, 0.25) is 5.02 Å². The van der Waals surface area contributed by atoms with Gasteiger partial charge in [0.2, 0.25) is 0 Å². The summed E-state index contributed by atoms with van der Waals surface area (Å²) in [6.07, 6.45) is -4.59. The zero-order valence-corrected chi connectivity index (χ0v) is 13.2. The highest BCUT2D eigenvalue weighted by Gasteiger charge is 2.32. The molecule has 128 valence electrons. The summed E-state index contributed by atoms with van der Waals surface area (Å²) in [4.78, 5) is 11.7. The molecule has 8 heteroatoms. The smallest absolute Gasteiger partial charge is 0.416 e. The maximum absolute atomic E-state index is 12.8. The monoisotopic (exact) mass is 359 g/mol. The summed E-state index contributed by atoms with van der Waals surface area (Å²) in [5, 5.41) is 12.3. The number of benzene rings is 2. The van der Waals surface area contributed by atoms with E-state index in [1.54, 1.807) is 18.2 Å². The zero-order chi connectivity index (χ0) is 17.9. The van der Waals surface area contributed by atoms with Gasteiger partial charge in [-0.3, -0.25) is 0 Å². The molecule has 0 aliphatic rings. The highest BCUT2D eigenvalue weighted by Crippen LogP contribution is 2.37. The van der Waals surface area contributed by atoms with E-state index in [-0.39, 0.29) is 17.7 Å². The molecule has 2 aromatic carbocycles. The Morgan fingerprint density at radius 3 is 2.58 bits per heavy atom. The molecule has 2 rings (SSSR count). The standard InChI is InChI=1S/C16H13ClF3NO3/c1-24-15(23)11-4-2-3-5-13(11)21-8-9-6-10(16(18,19)20)7-12(17)14(9)22/h2-7,21-22H,8H2,1H3. The Balaban J connectivity index is 2.30. The molecule has 0 spiro atoms. The van der Waals surface area contributed by atoms with E-state index in [9.17, 15) is 23.1 Å². The van der Waals surface area contributed by atoms with Crippen LogP contribution >= 0.6 is 11.6 Å². The van der Waals surface area contributed by atoms with Crippen LogP contribution < -0.4 is 5.32 Å². The Hall–Kier alpha value is -2.41. The summed E-state index contributed by atoms with van der Waals surface area (Å²) in [7, 11) is 1.22. The second-order valence-corrected chi connectivity index (χ2v) is 5.26. The first-order valence-corrected chi connectivity index (χ1v) is 7.11. The van der Waals surface area contributed by atoms with E-state index in [4.69, 9.17) is 11.6 Å². The summed E-state index contributed by atoms with van der Waals surface area (Å²) in [6, 6.07) is 7.80. The normalized spacial score (nSPS) is 11.2. The average molecular weight is 360 g/mol. The fourth-order valence-corrected chi connectivity index (χ4v) is 2.31. The summed E-state index contributed by atoms with van der Waals surface area (Å²) in [5.41, 5.74) is -0.437.